The number of carbonyl (C=O) groups excluding carboxylic acids is 2. The molecule has 0 saturated heterocycles. The van der Waals surface area contributed by atoms with Crippen LogP contribution in [0.25, 0.3) is 11.0 Å². The first kappa shape index (κ1) is 13.7. The molecule has 18 heavy (non-hydrogen) atoms. The first-order valence-electron chi connectivity index (χ1n) is 5.30. The number of nitrogens with zero attached hydrogens (tertiary/aromatic N) is 1. The SMILES string of the molecule is CC(=O)Nc1nc2ccccc2[nH]1.COC(C)=O. The van der Waals surface area contributed by atoms with E-state index in [4.69, 9.17) is 0 Å². The number of methoxy groups -OCH3 is 1. The molecular weight excluding hydrogens is 234 g/mol. The van der Waals surface area contributed by atoms with Gasteiger partial charge in [0.15, 0.2) is 0 Å². The van der Waals surface area contributed by atoms with E-state index in [1.807, 2.05) is 24.3 Å². The number of imidazole rings is 1. The van der Waals surface area contributed by atoms with Crippen molar-refractivity contribution in [3.05, 3.63) is 24.3 Å². The van der Waals surface area contributed by atoms with Gasteiger partial charge in [0.2, 0.25) is 11.9 Å². The van der Waals surface area contributed by atoms with E-state index in [1.165, 1.54) is 21.0 Å². The molecule has 0 fully saturated rings. The van der Waals surface area contributed by atoms with E-state index in [0.717, 1.165) is 11.0 Å². The Bertz CT molecular complexity index is 515. The number of H-pyrrole nitrogens is 1. The molecular formula is C12H15N3O3. The maximum atomic E-state index is 10.7. The van der Waals surface area contributed by atoms with Crippen LogP contribution in [-0.4, -0.2) is 29.0 Å². The number of aromatic amines is 1. The molecule has 6 heteroatoms. The minimum absolute atomic E-state index is 0.126. The number of hydrogen-bond donors (Lipinski definition) is 2. The van der Waals surface area contributed by atoms with Crippen LogP contribution in [0.4, 0.5) is 5.95 Å². The highest BCUT2D eigenvalue weighted by Gasteiger charge is 2.01. The highest BCUT2D eigenvalue weighted by molar-refractivity contribution is 5.89. The van der Waals surface area contributed by atoms with E-state index in [-0.39, 0.29) is 11.9 Å². The summed E-state index contributed by atoms with van der Waals surface area (Å²) in [6, 6.07) is 7.61. The Morgan fingerprint density at radius 3 is 2.39 bits per heavy atom. The maximum absolute atomic E-state index is 10.7. The molecule has 0 bridgehead atoms. The lowest BCUT2D eigenvalue weighted by atomic mass is 10.3. The molecule has 0 radical (unpaired) electrons. The average molecular weight is 249 g/mol. The van der Waals surface area contributed by atoms with Crippen molar-refractivity contribution in [3.8, 4) is 0 Å². The maximum Gasteiger partial charge on any atom is 0.302 e. The smallest absolute Gasteiger partial charge is 0.302 e. The van der Waals surface area contributed by atoms with Crippen molar-refractivity contribution in [1.29, 1.82) is 0 Å². The summed E-state index contributed by atoms with van der Waals surface area (Å²) in [6.45, 7) is 2.81. The van der Waals surface area contributed by atoms with E-state index in [9.17, 15) is 9.59 Å². The molecule has 1 amide bonds. The monoisotopic (exact) mass is 249 g/mol. The van der Waals surface area contributed by atoms with Crippen LogP contribution in [0.15, 0.2) is 24.3 Å². The fourth-order valence-corrected chi connectivity index (χ4v) is 1.18. The number of aromatic nitrogens is 2. The molecule has 0 spiro atoms. The molecule has 1 aromatic heterocycles. The lowest BCUT2D eigenvalue weighted by Crippen LogP contribution is -2.06. The fraction of sp³-hybridized carbons (Fsp3) is 0.250. The van der Waals surface area contributed by atoms with Crippen LogP contribution in [0.5, 0.6) is 0 Å². The third kappa shape index (κ3) is 4.25. The quantitative estimate of drug-likeness (QED) is 0.753. The van der Waals surface area contributed by atoms with Gasteiger partial charge in [-0.2, -0.15) is 0 Å². The van der Waals surface area contributed by atoms with E-state index < -0.39 is 0 Å². The molecule has 2 aromatic rings. The number of fused-ring (bicyclic) bond motifs is 1. The summed E-state index contributed by atoms with van der Waals surface area (Å²) in [6.07, 6.45) is 0. The normalized spacial score (nSPS) is 9.28. The summed E-state index contributed by atoms with van der Waals surface area (Å²) >= 11 is 0. The van der Waals surface area contributed by atoms with Gasteiger partial charge in [0.25, 0.3) is 0 Å². The molecule has 0 unspecified atom stereocenters. The predicted molar refractivity (Wildman–Crippen MR) is 68.1 cm³/mol. The lowest BCUT2D eigenvalue weighted by Gasteiger charge is -1.92. The highest BCUT2D eigenvalue weighted by Crippen LogP contribution is 2.12. The first-order chi connectivity index (χ1) is 8.52. The fourth-order valence-electron chi connectivity index (χ4n) is 1.18. The summed E-state index contributed by atoms with van der Waals surface area (Å²) in [5, 5.41) is 2.59. The van der Waals surface area contributed by atoms with Gasteiger partial charge in [-0.3, -0.25) is 14.9 Å². The summed E-state index contributed by atoms with van der Waals surface area (Å²) in [7, 11) is 1.35. The molecule has 2 rings (SSSR count). The molecule has 6 nitrogen and oxygen atoms in total. The molecule has 0 aliphatic carbocycles. The summed E-state index contributed by atoms with van der Waals surface area (Å²) in [4.78, 5) is 27.5. The Morgan fingerprint density at radius 2 is 1.89 bits per heavy atom. The van der Waals surface area contributed by atoms with Crippen molar-refractivity contribution in [2.24, 2.45) is 0 Å². The minimum Gasteiger partial charge on any atom is -0.469 e. The van der Waals surface area contributed by atoms with E-state index in [0.29, 0.717) is 5.95 Å². The minimum atomic E-state index is -0.245. The number of anilines is 1. The van der Waals surface area contributed by atoms with Crippen LogP contribution in [-0.2, 0) is 14.3 Å². The zero-order chi connectivity index (χ0) is 13.5. The number of carbonyl (C=O) groups is 2. The Morgan fingerprint density at radius 1 is 1.28 bits per heavy atom. The summed E-state index contributed by atoms with van der Waals surface area (Å²) < 4.78 is 4.11. The molecule has 96 valence electrons. The molecule has 0 atom stereocenters. The van der Waals surface area contributed by atoms with Crippen LogP contribution in [0.3, 0.4) is 0 Å². The van der Waals surface area contributed by atoms with Crippen molar-refractivity contribution in [3.63, 3.8) is 0 Å². The number of benzene rings is 1. The van der Waals surface area contributed by atoms with Gasteiger partial charge in [0.1, 0.15) is 0 Å². The molecule has 0 saturated carbocycles. The van der Waals surface area contributed by atoms with E-state index in [2.05, 4.69) is 20.0 Å². The number of ether oxygens (including phenoxy) is 1. The van der Waals surface area contributed by atoms with Gasteiger partial charge in [0, 0.05) is 13.8 Å². The van der Waals surface area contributed by atoms with Gasteiger partial charge in [0.05, 0.1) is 18.1 Å². The lowest BCUT2D eigenvalue weighted by molar-refractivity contribution is -0.137. The van der Waals surface area contributed by atoms with Crippen molar-refractivity contribution >= 4 is 28.9 Å². The third-order valence-corrected chi connectivity index (χ3v) is 1.97. The van der Waals surface area contributed by atoms with Crippen LogP contribution >= 0.6 is 0 Å². The highest BCUT2D eigenvalue weighted by atomic mass is 16.5. The van der Waals surface area contributed by atoms with Gasteiger partial charge in [-0.15, -0.1) is 0 Å². The van der Waals surface area contributed by atoms with Crippen molar-refractivity contribution in [1.82, 2.24) is 9.97 Å². The Labute approximate surface area is 104 Å². The molecule has 1 heterocycles. The standard InChI is InChI=1S/C9H9N3O.C3H6O2/c1-6(13)10-9-11-7-4-2-3-5-8(7)12-9;1-3(4)5-2/h2-5H,1H3,(H2,10,11,12,13);1-2H3. The topological polar surface area (TPSA) is 84.1 Å². The number of para-hydroxylation sites is 2. The van der Waals surface area contributed by atoms with Crippen LogP contribution in [0.2, 0.25) is 0 Å². The van der Waals surface area contributed by atoms with Gasteiger partial charge >= 0.3 is 5.97 Å². The van der Waals surface area contributed by atoms with Crippen molar-refractivity contribution in [2.45, 2.75) is 13.8 Å². The zero-order valence-corrected chi connectivity index (χ0v) is 10.5. The average Bonchev–Trinajstić information content (AvgIpc) is 2.70. The number of rotatable bonds is 1. The number of nitrogens with one attached hydrogen (secondary N) is 2. The van der Waals surface area contributed by atoms with Crippen LogP contribution in [0, 0.1) is 0 Å². The largest absolute Gasteiger partial charge is 0.469 e. The van der Waals surface area contributed by atoms with Crippen molar-refractivity contribution < 1.29 is 14.3 Å². The Hall–Kier alpha value is -2.37. The first-order valence-corrected chi connectivity index (χ1v) is 5.30. The number of amides is 1. The zero-order valence-electron chi connectivity index (χ0n) is 10.5. The Kier molecular flexibility index (Phi) is 4.86. The Balaban J connectivity index is 0.000000280. The van der Waals surface area contributed by atoms with Gasteiger partial charge in [-0.1, -0.05) is 12.1 Å². The van der Waals surface area contributed by atoms with Gasteiger partial charge < -0.3 is 9.72 Å². The second-order valence-electron chi connectivity index (χ2n) is 3.48. The summed E-state index contributed by atoms with van der Waals surface area (Å²) in [5.74, 6) is 0.123. The molecule has 0 aliphatic heterocycles. The molecule has 2 N–H and O–H groups in total. The molecule has 0 aliphatic rings. The van der Waals surface area contributed by atoms with Crippen LogP contribution in [0.1, 0.15) is 13.8 Å². The van der Waals surface area contributed by atoms with Crippen molar-refractivity contribution in [2.75, 3.05) is 12.4 Å². The van der Waals surface area contributed by atoms with Gasteiger partial charge in [-0.25, -0.2) is 4.98 Å². The van der Waals surface area contributed by atoms with Gasteiger partial charge in [-0.05, 0) is 12.1 Å². The van der Waals surface area contributed by atoms with E-state index in [1.54, 1.807) is 0 Å². The number of hydrogen-bond acceptors (Lipinski definition) is 4. The molecule has 1 aromatic carbocycles. The second-order valence-corrected chi connectivity index (χ2v) is 3.48. The number of esters is 1. The second kappa shape index (κ2) is 6.39. The van der Waals surface area contributed by atoms with E-state index >= 15 is 0 Å². The predicted octanol–water partition coefficient (Wildman–Crippen LogP) is 1.70. The third-order valence-electron chi connectivity index (χ3n) is 1.97. The summed E-state index contributed by atoms with van der Waals surface area (Å²) in [5.41, 5.74) is 1.78. The van der Waals surface area contributed by atoms with Crippen LogP contribution < -0.4 is 5.32 Å².